The van der Waals surface area contributed by atoms with Crippen molar-refractivity contribution in [1.82, 2.24) is 4.98 Å². The molecule has 2 heterocycles. The zero-order valence-electron chi connectivity index (χ0n) is 12.1. The fourth-order valence-corrected chi connectivity index (χ4v) is 4.17. The number of aromatic nitrogens is 1. The number of hydrogen-bond acceptors (Lipinski definition) is 3. The first-order valence-electron chi connectivity index (χ1n) is 7.51. The van der Waals surface area contributed by atoms with Crippen molar-refractivity contribution < 1.29 is 0 Å². The molecule has 3 rings (SSSR count). The van der Waals surface area contributed by atoms with E-state index in [4.69, 9.17) is 5.73 Å². The van der Waals surface area contributed by atoms with Crippen LogP contribution in [0.4, 0.5) is 0 Å². The first-order valence-corrected chi connectivity index (χ1v) is 8.33. The van der Waals surface area contributed by atoms with Crippen molar-refractivity contribution in [3.63, 3.8) is 0 Å². The molecule has 0 saturated heterocycles. The molecule has 0 aliphatic heterocycles. The summed E-state index contributed by atoms with van der Waals surface area (Å²) in [6.45, 7) is 2.11. The SMILES string of the molecule is Cc1cccnc1CC(N)c1cc2c(s1)CCCCC2. The minimum Gasteiger partial charge on any atom is -0.323 e. The van der Waals surface area contributed by atoms with Crippen LogP contribution in [0.25, 0.3) is 0 Å². The average molecular weight is 286 g/mol. The van der Waals surface area contributed by atoms with Gasteiger partial charge in [-0.25, -0.2) is 0 Å². The third kappa shape index (κ3) is 2.94. The Kier molecular flexibility index (Phi) is 4.18. The van der Waals surface area contributed by atoms with Crippen LogP contribution in [-0.4, -0.2) is 4.98 Å². The zero-order chi connectivity index (χ0) is 13.9. The molecule has 1 atom stereocenters. The molecule has 0 saturated carbocycles. The maximum atomic E-state index is 6.42. The summed E-state index contributed by atoms with van der Waals surface area (Å²) in [4.78, 5) is 7.38. The normalized spacial score (nSPS) is 16.5. The van der Waals surface area contributed by atoms with Crippen LogP contribution in [0.5, 0.6) is 0 Å². The molecule has 2 nitrogen and oxygen atoms in total. The van der Waals surface area contributed by atoms with Gasteiger partial charge in [-0.1, -0.05) is 12.5 Å². The van der Waals surface area contributed by atoms with Gasteiger partial charge in [0.25, 0.3) is 0 Å². The predicted octanol–water partition coefficient (Wildman–Crippen LogP) is 3.96. The molecule has 0 bridgehead atoms. The van der Waals surface area contributed by atoms with Crippen molar-refractivity contribution >= 4 is 11.3 Å². The van der Waals surface area contributed by atoms with E-state index in [0.29, 0.717) is 0 Å². The molecule has 0 fully saturated rings. The molecule has 3 heteroatoms. The third-order valence-corrected chi connectivity index (χ3v) is 5.53. The van der Waals surface area contributed by atoms with E-state index in [2.05, 4.69) is 24.0 Å². The van der Waals surface area contributed by atoms with Crippen molar-refractivity contribution in [3.8, 4) is 0 Å². The summed E-state index contributed by atoms with van der Waals surface area (Å²) >= 11 is 1.93. The lowest BCUT2D eigenvalue weighted by Gasteiger charge is -2.10. The molecule has 0 radical (unpaired) electrons. The van der Waals surface area contributed by atoms with Crippen molar-refractivity contribution in [1.29, 1.82) is 0 Å². The van der Waals surface area contributed by atoms with Gasteiger partial charge in [0, 0.05) is 34.1 Å². The van der Waals surface area contributed by atoms with Gasteiger partial charge >= 0.3 is 0 Å². The fourth-order valence-electron chi connectivity index (χ4n) is 2.91. The Morgan fingerprint density at radius 2 is 2.15 bits per heavy atom. The Bertz CT molecular complexity index is 565. The van der Waals surface area contributed by atoms with Gasteiger partial charge in [0.15, 0.2) is 0 Å². The second-order valence-electron chi connectivity index (χ2n) is 5.74. The van der Waals surface area contributed by atoms with Crippen LogP contribution in [0, 0.1) is 6.92 Å². The largest absolute Gasteiger partial charge is 0.323 e. The second kappa shape index (κ2) is 6.06. The predicted molar refractivity (Wildman–Crippen MR) is 85.2 cm³/mol. The van der Waals surface area contributed by atoms with E-state index >= 15 is 0 Å². The van der Waals surface area contributed by atoms with E-state index in [1.165, 1.54) is 42.5 Å². The lowest BCUT2D eigenvalue weighted by molar-refractivity contribution is 0.705. The Morgan fingerprint density at radius 1 is 1.30 bits per heavy atom. The van der Waals surface area contributed by atoms with Crippen LogP contribution in [0.1, 0.15) is 51.9 Å². The van der Waals surface area contributed by atoms with Gasteiger partial charge in [-0.3, -0.25) is 4.98 Å². The molecule has 0 amide bonds. The van der Waals surface area contributed by atoms with Crippen LogP contribution in [0.3, 0.4) is 0 Å². The Hall–Kier alpha value is -1.19. The van der Waals surface area contributed by atoms with Gasteiger partial charge < -0.3 is 5.73 Å². The molecule has 1 aliphatic rings. The van der Waals surface area contributed by atoms with Crippen LogP contribution in [0.15, 0.2) is 24.4 Å². The van der Waals surface area contributed by atoms with Crippen LogP contribution in [0.2, 0.25) is 0 Å². The summed E-state index contributed by atoms with van der Waals surface area (Å²) in [6.07, 6.45) is 9.22. The standard InChI is InChI=1S/C17H22N2S/c1-12-6-5-9-19-15(12)11-14(18)17-10-13-7-3-2-4-8-16(13)20-17/h5-6,9-10,14H,2-4,7-8,11,18H2,1H3. The van der Waals surface area contributed by atoms with Crippen LogP contribution >= 0.6 is 11.3 Å². The van der Waals surface area contributed by atoms with Crippen molar-refractivity contribution in [2.24, 2.45) is 5.73 Å². The maximum Gasteiger partial charge on any atom is 0.0451 e. The summed E-state index contributed by atoms with van der Waals surface area (Å²) in [7, 11) is 0. The number of thiophene rings is 1. The van der Waals surface area contributed by atoms with E-state index in [0.717, 1.165) is 12.1 Å². The molecule has 1 unspecified atom stereocenters. The first-order chi connectivity index (χ1) is 9.74. The van der Waals surface area contributed by atoms with E-state index in [9.17, 15) is 0 Å². The number of pyridine rings is 1. The van der Waals surface area contributed by atoms with Gasteiger partial charge in [0.05, 0.1) is 0 Å². The Morgan fingerprint density at radius 3 is 3.00 bits per heavy atom. The quantitative estimate of drug-likeness (QED) is 0.867. The molecule has 0 aromatic carbocycles. The van der Waals surface area contributed by atoms with Crippen molar-refractivity contribution in [2.75, 3.05) is 0 Å². The monoisotopic (exact) mass is 286 g/mol. The van der Waals surface area contributed by atoms with Gasteiger partial charge in [0.2, 0.25) is 0 Å². The lowest BCUT2D eigenvalue weighted by atomic mass is 10.0. The summed E-state index contributed by atoms with van der Waals surface area (Å²) in [5, 5.41) is 0. The topological polar surface area (TPSA) is 38.9 Å². The van der Waals surface area contributed by atoms with Crippen molar-refractivity contribution in [3.05, 3.63) is 51.0 Å². The number of hydrogen-bond donors (Lipinski definition) is 1. The summed E-state index contributed by atoms with van der Waals surface area (Å²) in [6, 6.07) is 6.53. The van der Waals surface area contributed by atoms with E-state index < -0.39 is 0 Å². The summed E-state index contributed by atoms with van der Waals surface area (Å²) in [5.41, 5.74) is 10.3. The van der Waals surface area contributed by atoms with E-state index in [-0.39, 0.29) is 6.04 Å². The van der Waals surface area contributed by atoms with Gasteiger partial charge in [-0.2, -0.15) is 0 Å². The number of fused-ring (bicyclic) bond motifs is 1. The molecule has 20 heavy (non-hydrogen) atoms. The third-order valence-electron chi connectivity index (χ3n) is 4.16. The smallest absolute Gasteiger partial charge is 0.0451 e. The fraction of sp³-hybridized carbons (Fsp3) is 0.471. The maximum absolute atomic E-state index is 6.42. The second-order valence-corrected chi connectivity index (χ2v) is 6.90. The number of nitrogens with zero attached hydrogens (tertiary/aromatic N) is 1. The van der Waals surface area contributed by atoms with Crippen LogP contribution in [-0.2, 0) is 19.3 Å². The molecule has 2 aromatic heterocycles. The lowest BCUT2D eigenvalue weighted by Crippen LogP contribution is -2.13. The minimum absolute atomic E-state index is 0.0838. The number of nitrogens with two attached hydrogens (primary N) is 1. The Balaban J connectivity index is 1.77. The number of rotatable bonds is 3. The van der Waals surface area contributed by atoms with E-state index in [1.54, 1.807) is 10.4 Å². The highest BCUT2D eigenvalue weighted by atomic mass is 32.1. The first kappa shape index (κ1) is 13.8. The number of aryl methyl sites for hydroxylation is 3. The Labute approximate surface area is 125 Å². The molecule has 106 valence electrons. The highest BCUT2D eigenvalue weighted by molar-refractivity contribution is 7.12. The average Bonchev–Trinajstić information content (AvgIpc) is 2.73. The molecule has 0 spiro atoms. The highest BCUT2D eigenvalue weighted by Gasteiger charge is 2.17. The van der Waals surface area contributed by atoms with Gasteiger partial charge in [0.1, 0.15) is 0 Å². The molecule has 2 N–H and O–H groups in total. The summed E-state index contributed by atoms with van der Waals surface area (Å²) in [5.74, 6) is 0. The molecule has 1 aliphatic carbocycles. The van der Waals surface area contributed by atoms with Crippen molar-refractivity contribution in [2.45, 2.75) is 51.5 Å². The highest BCUT2D eigenvalue weighted by Crippen LogP contribution is 2.32. The van der Waals surface area contributed by atoms with Gasteiger partial charge in [-0.15, -0.1) is 11.3 Å². The van der Waals surface area contributed by atoms with Crippen LogP contribution < -0.4 is 5.73 Å². The molecular formula is C17H22N2S. The molecular weight excluding hydrogens is 264 g/mol. The molecule has 2 aromatic rings. The zero-order valence-corrected chi connectivity index (χ0v) is 12.9. The van der Waals surface area contributed by atoms with E-state index in [1.807, 2.05) is 23.6 Å². The minimum atomic E-state index is 0.0838. The van der Waals surface area contributed by atoms with Gasteiger partial charge in [-0.05, 0) is 55.9 Å². The summed E-state index contributed by atoms with van der Waals surface area (Å²) < 4.78 is 0.